The minimum atomic E-state index is -4.61. The second kappa shape index (κ2) is 9.68. The largest absolute Gasteiger partial charge is 0.417 e. The van der Waals surface area contributed by atoms with E-state index in [4.69, 9.17) is 5.14 Å². The summed E-state index contributed by atoms with van der Waals surface area (Å²) >= 11 is 1.55. The Bertz CT molecular complexity index is 1010. The average Bonchev–Trinajstić information content (AvgIpc) is 2.74. The Kier molecular flexibility index (Phi) is 7.17. The van der Waals surface area contributed by atoms with Crippen LogP contribution in [0.4, 0.5) is 18.9 Å². The summed E-state index contributed by atoms with van der Waals surface area (Å²) in [6, 6.07) is 6.71. The van der Waals surface area contributed by atoms with Gasteiger partial charge in [-0.2, -0.15) is 13.2 Å². The highest BCUT2D eigenvalue weighted by molar-refractivity contribution is 7.98. The van der Waals surface area contributed by atoms with Crippen LogP contribution >= 0.6 is 23.9 Å². The number of alkyl halides is 3. The molecule has 1 unspecified atom stereocenters. The Labute approximate surface area is 186 Å². The molecule has 1 aliphatic rings. The third kappa shape index (κ3) is 5.84. The average molecular weight is 493 g/mol. The first-order chi connectivity index (χ1) is 15.1. The smallest absolute Gasteiger partial charge is 0.364 e. The van der Waals surface area contributed by atoms with Crippen LogP contribution in [0.5, 0.6) is 0 Å². The second-order valence-electron chi connectivity index (χ2n) is 6.33. The van der Waals surface area contributed by atoms with Crippen molar-refractivity contribution in [2.45, 2.75) is 35.3 Å². The Morgan fingerprint density at radius 3 is 2.16 bits per heavy atom. The van der Waals surface area contributed by atoms with Gasteiger partial charge in [0, 0.05) is 9.79 Å². The van der Waals surface area contributed by atoms with Gasteiger partial charge in [0.25, 0.3) is 10.2 Å². The number of hydrogen-bond acceptors (Lipinski definition) is 11. The molecule has 0 saturated carbocycles. The van der Waals surface area contributed by atoms with Crippen LogP contribution in [0.2, 0.25) is 0 Å². The Hall–Kier alpha value is -2.95. The first kappa shape index (κ1) is 23.7. The first-order valence-electron chi connectivity index (χ1n) is 8.55. The van der Waals surface area contributed by atoms with E-state index in [0.29, 0.717) is 33.5 Å². The molecule has 2 aromatic carbocycles. The molecule has 1 atom stereocenters. The van der Waals surface area contributed by atoms with E-state index in [1.807, 2.05) is 0 Å². The highest BCUT2D eigenvalue weighted by atomic mass is 32.2. The summed E-state index contributed by atoms with van der Waals surface area (Å²) in [5.74, 6) is 0. The summed E-state index contributed by atoms with van der Waals surface area (Å²) in [4.78, 5) is 30.0. The van der Waals surface area contributed by atoms with E-state index in [1.165, 1.54) is 24.3 Å². The number of fused-ring (bicyclic) bond motifs is 1. The lowest BCUT2D eigenvalue weighted by Gasteiger charge is -2.29. The molecule has 0 spiro atoms. The van der Waals surface area contributed by atoms with Crippen LogP contribution in [0.15, 0.2) is 40.1 Å². The maximum absolute atomic E-state index is 13.4. The molecular weight excluding hydrogens is 479 g/mol. The van der Waals surface area contributed by atoms with Crippen molar-refractivity contribution in [3.05, 3.63) is 72.8 Å². The van der Waals surface area contributed by atoms with Crippen molar-refractivity contribution in [1.29, 1.82) is 0 Å². The van der Waals surface area contributed by atoms with Crippen molar-refractivity contribution in [3.63, 3.8) is 0 Å². The molecule has 4 N–H and O–H groups in total. The van der Waals surface area contributed by atoms with E-state index < -0.39 is 41.3 Å². The van der Waals surface area contributed by atoms with Crippen LogP contribution < -0.4 is 15.2 Å². The molecular formula is C16H14F3N5O6S2. The van der Waals surface area contributed by atoms with Gasteiger partial charge in [0.05, 0.1) is 11.3 Å². The highest BCUT2D eigenvalue weighted by Gasteiger charge is 2.35. The summed E-state index contributed by atoms with van der Waals surface area (Å²) in [6.07, 6.45) is -5.34. The van der Waals surface area contributed by atoms with Crippen LogP contribution in [0, 0.1) is 20.2 Å². The molecule has 11 nitrogen and oxygen atoms in total. The lowest BCUT2D eigenvalue weighted by Crippen LogP contribution is -2.27. The SMILES string of the molecule is NSc1cc2c(cc1C(F)(F)F)NC(c1cc(CO[N+](=O)[O-])cc(CO[N+](=O)[O-])c1)NS2. The van der Waals surface area contributed by atoms with Crippen molar-refractivity contribution < 1.29 is 33.0 Å². The molecule has 0 aliphatic carbocycles. The van der Waals surface area contributed by atoms with Crippen molar-refractivity contribution in [3.8, 4) is 0 Å². The Balaban J connectivity index is 1.92. The number of anilines is 1. The fourth-order valence-electron chi connectivity index (χ4n) is 2.92. The number of rotatable bonds is 8. The zero-order valence-corrected chi connectivity index (χ0v) is 17.4. The van der Waals surface area contributed by atoms with Gasteiger partial charge in [0.1, 0.15) is 19.4 Å². The van der Waals surface area contributed by atoms with Gasteiger partial charge in [-0.25, -0.2) is 4.72 Å². The van der Waals surface area contributed by atoms with Crippen molar-refractivity contribution in [2.75, 3.05) is 5.32 Å². The molecule has 1 aliphatic heterocycles. The number of nitrogens with two attached hydrogens (primary N) is 1. The Morgan fingerprint density at radius 1 is 1.06 bits per heavy atom. The third-order valence-corrected chi connectivity index (χ3v) is 5.69. The van der Waals surface area contributed by atoms with E-state index in [9.17, 15) is 33.4 Å². The van der Waals surface area contributed by atoms with Gasteiger partial charge in [-0.15, -0.1) is 20.2 Å². The summed E-state index contributed by atoms with van der Waals surface area (Å²) in [6.45, 7) is -0.865. The maximum Gasteiger partial charge on any atom is 0.417 e. The quantitative estimate of drug-likeness (QED) is 0.279. The van der Waals surface area contributed by atoms with Crippen LogP contribution in [-0.4, -0.2) is 10.2 Å². The molecule has 0 bridgehead atoms. The van der Waals surface area contributed by atoms with Crippen LogP contribution in [0.25, 0.3) is 0 Å². The van der Waals surface area contributed by atoms with Crippen LogP contribution in [0.3, 0.4) is 0 Å². The lowest BCUT2D eigenvalue weighted by atomic mass is 10.0. The maximum atomic E-state index is 13.4. The predicted molar refractivity (Wildman–Crippen MR) is 107 cm³/mol. The van der Waals surface area contributed by atoms with Crippen molar-refractivity contribution >= 4 is 29.6 Å². The molecule has 32 heavy (non-hydrogen) atoms. The van der Waals surface area contributed by atoms with Crippen molar-refractivity contribution in [1.82, 2.24) is 4.72 Å². The zero-order chi connectivity index (χ0) is 23.5. The number of benzene rings is 2. The van der Waals surface area contributed by atoms with Gasteiger partial charge >= 0.3 is 6.18 Å². The molecule has 0 fully saturated rings. The van der Waals surface area contributed by atoms with Gasteiger partial charge in [-0.05, 0) is 52.7 Å². The predicted octanol–water partition coefficient (Wildman–Crippen LogP) is 3.81. The van der Waals surface area contributed by atoms with Crippen LogP contribution in [0.1, 0.15) is 28.4 Å². The summed E-state index contributed by atoms with van der Waals surface area (Å²) in [5.41, 5.74) is 0.364. The van der Waals surface area contributed by atoms with E-state index in [0.717, 1.165) is 18.0 Å². The standard InChI is InChI=1S/C16H14F3N5O6S2/c17-16(18,19)11-4-12-14(5-13(11)31-20)32-22-15(21-12)10-2-8(6-29-23(25)26)1-9(3-10)7-30-24(27)28/h1-5,15,21-22H,6-7,20H2. The Morgan fingerprint density at radius 2 is 1.66 bits per heavy atom. The zero-order valence-electron chi connectivity index (χ0n) is 15.7. The molecule has 1 heterocycles. The monoisotopic (exact) mass is 493 g/mol. The van der Waals surface area contributed by atoms with E-state index >= 15 is 0 Å². The first-order valence-corrected chi connectivity index (χ1v) is 10.2. The second-order valence-corrected chi connectivity index (χ2v) is 7.89. The van der Waals surface area contributed by atoms with Crippen molar-refractivity contribution in [2.24, 2.45) is 5.14 Å². The number of halogens is 3. The summed E-state index contributed by atoms with van der Waals surface area (Å²) in [5, 5.41) is 27.3. The van der Waals surface area contributed by atoms with E-state index in [2.05, 4.69) is 19.7 Å². The lowest BCUT2D eigenvalue weighted by molar-refractivity contribution is -0.763. The van der Waals surface area contributed by atoms with Gasteiger partial charge in [0.15, 0.2) is 0 Å². The number of hydrogen-bond donors (Lipinski definition) is 3. The molecule has 3 rings (SSSR count). The van der Waals surface area contributed by atoms with Gasteiger partial charge < -0.3 is 15.0 Å². The molecule has 2 aromatic rings. The van der Waals surface area contributed by atoms with Crippen LogP contribution in [-0.2, 0) is 29.1 Å². The topological polar surface area (TPSA) is 155 Å². The number of nitrogens with zero attached hydrogens (tertiary/aromatic N) is 2. The molecule has 0 radical (unpaired) electrons. The highest BCUT2D eigenvalue weighted by Crippen LogP contribution is 2.43. The van der Waals surface area contributed by atoms with Gasteiger partial charge in [-0.1, -0.05) is 18.2 Å². The molecule has 0 amide bonds. The van der Waals surface area contributed by atoms with E-state index in [1.54, 1.807) is 0 Å². The molecule has 172 valence electrons. The molecule has 0 aromatic heterocycles. The fraction of sp³-hybridized carbons (Fsp3) is 0.250. The molecule has 16 heteroatoms. The summed E-state index contributed by atoms with van der Waals surface area (Å²) in [7, 11) is 0. The number of nitrogens with one attached hydrogen (secondary N) is 2. The minimum Gasteiger partial charge on any atom is -0.364 e. The third-order valence-electron chi connectivity index (χ3n) is 4.18. The van der Waals surface area contributed by atoms with Gasteiger partial charge in [0.2, 0.25) is 0 Å². The summed E-state index contributed by atoms with van der Waals surface area (Å²) < 4.78 is 43.1. The van der Waals surface area contributed by atoms with E-state index in [-0.39, 0.29) is 10.6 Å². The molecule has 0 saturated heterocycles. The minimum absolute atomic E-state index is 0.135. The normalized spacial score (nSPS) is 15.4. The van der Waals surface area contributed by atoms with Gasteiger partial charge in [-0.3, -0.25) is 5.14 Å². The fourth-order valence-corrected chi connectivity index (χ4v) is 4.32.